The van der Waals surface area contributed by atoms with Crippen LogP contribution in [0, 0.1) is 0 Å². The summed E-state index contributed by atoms with van der Waals surface area (Å²) in [4.78, 5) is 0. The summed E-state index contributed by atoms with van der Waals surface area (Å²) in [6, 6.07) is 0. The Bertz CT molecular complexity index is 8.08. The molecule has 0 fully saturated rings. The molecule has 0 heterocycles. The lowest BCUT2D eigenvalue weighted by atomic mass is 14.0. The minimum absolute atomic E-state index is 0. The highest BCUT2D eigenvalue weighted by atomic mass is 16.0. The van der Waals surface area contributed by atoms with Crippen LogP contribution in [0.25, 0.3) is 0 Å². The van der Waals surface area contributed by atoms with E-state index in [1.807, 2.05) is 0 Å². The molecule has 0 aromatic rings. The molecule has 0 aromatic carbocycles. The van der Waals surface area contributed by atoms with Crippen LogP contribution in [-0.2, 0) is 0 Å². The van der Waals surface area contributed by atoms with Crippen molar-refractivity contribution < 1.29 is 5.48 Å². The molecule has 0 bridgehead atoms. The summed E-state index contributed by atoms with van der Waals surface area (Å²) in [6.45, 7) is 0. The van der Waals surface area contributed by atoms with Gasteiger partial charge >= 0.3 is 0 Å². The van der Waals surface area contributed by atoms with Crippen LogP contribution in [0.3, 0.4) is 0 Å². The van der Waals surface area contributed by atoms with E-state index in [1.165, 1.54) is 0 Å². The Morgan fingerprint density at radius 3 is 0.0200 bits per heavy atom. The standard InChI is InChI=1S/99H3N.H2O/h99*1H3;1H2. The summed E-state index contributed by atoms with van der Waals surface area (Å²) in [7, 11) is 0. The second-order valence-corrected chi connectivity index (χ2v) is 0. The first-order chi connectivity index (χ1) is 0. The van der Waals surface area contributed by atoms with Crippen molar-refractivity contribution in [2.75, 3.05) is 0 Å². The smallest absolute Gasteiger partial charge is 0.344 e. The lowest BCUT2D eigenvalue weighted by Gasteiger charge is -0.412. The van der Waals surface area contributed by atoms with Gasteiger partial charge in [-0.2, -0.15) is 0 Å². The van der Waals surface area contributed by atoms with E-state index in [2.05, 4.69) is 0 Å². The van der Waals surface area contributed by atoms with Gasteiger partial charge in [-0.3, -0.25) is 0 Å². The molecule has 0 aliphatic rings. The topological polar surface area (TPSA) is 3500 Å². The average Bonchev–Trinajstić information content (AvgIpc) is 0. The largest absolute Gasteiger partial charge is 0.412 e. The normalized spacial score (nSPS) is 0. The Morgan fingerprint density at radius 2 is 0.0200 bits per heavy atom. The second kappa shape index (κ2) is 52500. The average molecular weight is 1700 g/mol. The first kappa shape index (κ1) is 54100. The van der Waals surface area contributed by atoms with Crippen LogP contribution in [0.15, 0.2) is 0 Å². The minimum atomic E-state index is 0. The predicted octanol–water partition coefficient (Wildman–Crippen LogP) is 15.2. The summed E-state index contributed by atoms with van der Waals surface area (Å²) >= 11 is 0. The summed E-state index contributed by atoms with van der Waals surface area (Å²) in [5, 5.41) is 0. The lowest BCUT2D eigenvalue weighted by molar-refractivity contribution is 0.824. The SMILES string of the molecule is N.N.N.N.N.N.N.N.N.N.N.N.N.N.N.N.N.N.N.N.N.N.N.N.N.N.N.N.N.N.N.N.N.N.N.N.N.N.N.N.N.N.N.N.N.N.N.N.N.N.N.N.N.N.N.N.N.N.N.N.N.N.N.N.N.N.N.N.N.N.N.N.N.N.N.N.N.N.N.N.N.N.N.N.N.N.N.N.N.N.N.N.N.N.N.N.N.N.N.O. The van der Waals surface area contributed by atoms with Crippen LogP contribution in [0.2, 0.25) is 0 Å². The molecule has 100 nitrogen and oxygen atoms in total. The highest BCUT2D eigenvalue weighted by Crippen LogP contribution is -0.288. The van der Waals surface area contributed by atoms with Gasteiger partial charge in [-0.05, 0) is 0 Å². The molecule has 299 N–H and O–H groups in total. The molecular weight excluding hydrogens is 1400 g/mol. The van der Waals surface area contributed by atoms with Gasteiger partial charge in [0.25, 0.3) is 0 Å². The van der Waals surface area contributed by atoms with Crippen LogP contribution in [0.1, 0.15) is 0 Å². The van der Waals surface area contributed by atoms with E-state index < -0.39 is 0 Å². The van der Waals surface area contributed by atoms with Gasteiger partial charge in [0.2, 0.25) is 0 Å². The summed E-state index contributed by atoms with van der Waals surface area (Å²) < 4.78 is 0. The van der Waals surface area contributed by atoms with Crippen molar-refractivity contribution in [3.05, 3.63) is 0 Å². The number of hydrogen-bond donors (Lipinski definition) is 99. The molecule has 0 atom stereocenters. The van der Waals surface area contributed by atoms with Crippen molar-refractivity contribution in [2.45, 2.75) is 0 Å². The second-order valence-electron chi connectivity index (χ2n) is 0. The summed E-state index contributed by atoms with van der Waals surface area (Å²) in [5.41, 5.74) is 0. The van der Waals surface area contributed by atoms with Crippen LogP contribution in [0.4, 0.5) is 0 Å². The predicted molar refractivity (Wildman–Crippen MR) is 501 cm³/mol. The van der Waals surface area contributed by atoms with Crippen molar-refractivity contribution in [3.63, 3.8) is 0 Å². The van der Waals surface area contributed by atoms with E-state index in [-0.39, 0.29) is 614 Å². The van der Waals surface area contributed by atoms with Gasteiger partial charge in [-0.25, -0.2) is 0 Å². The Morgan fingerprint density at radius 1 is 0.0200 bits per heavy atom. The molecule has 0 aliphatic heterocycles. The van der Waals surface area contributed by atoms with E-state index in [1.54, 1.807) is 0 Å². The molecule has 0 saturated heterocycles. The van der Waals surface area contributed by atoms with Gasteiger partial charge in [-0.1, -0.05) is 0 Å². The third kappa shape index (κ3) is 50800. The number of hydrogen-bond acceptors (Lipinski definition) is 99. The van der Waals surface area contributed by atoms with Crippen molar-refractivity contribution in [1.82, 2.24) is 609 Å². The molecule has 100 heteroatoms. The Balaban J connectivity index is 0. The van der Waals surface area contributed by atoms with Gasteiger partial charge in [0, 0.05) is 0 Å². The molecule has 800 valence electrons. The fraction of sp³-hybridized carbons (Fsp3) is 0. The third-order valence-corrected chi connectivity index (χ3v) is 0. The van der Waals surface area contributed by atoms with E-state index in [9.17, 15) is 0 Å². The zero-order chi connectivity index (χ0) is 0. The van der Waals surface area contributed by atoms with E-state index in [4.69, 9.17) is 0 Å². The zero-order valence-electron chi connectivity index (χ0n) is 70.5. The molecule has 0 spiro atoms. The van der Waals surface area contributed by atoms with Gasteiger partial charge in [0.1, 0.15) is 0 Å². The van der Waals surface area contributed by atoms with Crippen molar-refractivity contribution >= 4 is 0 Å². The summed E-state index contributed by atoms with van der Waals surface area (Å²) in [5.74, 6) is 0. The quantitative estimate of drug-likeness (QED) is 0.107. The van der Waals surface area contributed by atoms with Gasteiger partial charge in [0.15, 0.2) is 0 Å². The monoisotopic (exact) mass is 1700 g/mol. The molecule has 100 heavy (non-hydrogen) atoms. The lowest BCUT2D eigenvalue weighted by Crippen LogP contribution is -0.482. The van der Waals surface area contributed by atoms with E-state index in [0.29, 0.717) is 0 Å². The van der Waals surface area contributed by atoms with Crippen LogP contribution in [-0.4, -0.2) is 5.48 Å². The molecule has 0 amide bonds. The summed E-state index contributed by atoms with van der Waals surface area (Å²) in [6.07, 6.45) is 0. The molecule has 0 unspecified atom stereocenters. The van der Waals surface area contributed by atoms with Gasteiger partial charge in [0.05, 0.1) is 0 Å². The fourth-order valence-corrected chi connectivity index (χ4v) is 0. The number of rotatable bonds is 0. The van der Waals surface area contributed by atoms with E-state index in [0.717, 1.165) is 0 Å². The maximum absolute atomic E-state index is 0. The van der Waals surface area contributed by atoms with Crippen molar-refractivity contribution in [2.24, 2.45) is 0 Å². The van der Waals surface area contributed by atoms with Gasteiger partial charge in [-0.15, -0.1) is 0 Å². The van der Waals surface area contributed by atoms with Crippen LogP contribution in [0.5, 0.6) is 0 Å². The molecule has 0 radical (unpaired) electrons. The zero-order valence-corrected chi connectivity index (χ0v) is 70.5. The molecule has 0 rings (SSSR count). The maximum Gasteiger partial charge on any atom is -0.344 e. The molecular formula is H299N99O. The van der Waals surface area contributed by atoms with Crippen LogP contribution >= 0.6 is 0 Å². The minimum Gasteiger partial charge on any atom is -0.412 e. The highest BCUT2D eigenvalue weighted by molar-refractivity contribution is 2.23. The molecule has 0 aliphatic carbocycles. The first-order valence-corrected chi connectivity index (χ1v) is 0. The van der Waals surface area contributed by atoms with Crippen molar-refractivity contribution in [3.8, 4) is 0 Å². The Labute approximate surface area is 614 Å². The van der Waals surface area contributed by atoms with Crippen LogP contribution < -0.4 is 609 Å². The third-order valence-electron chi connectivity index (χ3n) is 0. The maximum atomic E-state index is 0. The molecule has 0 aromatic heterocycles. The van der Waals surface area contributed by atoms with Crippen molar-refractivity contribution in [1.29, 1.82) is 0 Å². The fourth-order valence-electron chi connectivity index (χ4n) is 0. The first-order valence-electron chi connectivity index (χ1n) is 0. The highest BCUT2D eigenvalue weighted by Gasteiger charge is -0.245. The Kier molecular flexibility index (Phi) is 28400000. The van der Waals surface area contributed by atoms with E-state index >= 15 is 0 Å². The molecule has 0 saturated carbocycles. The van der Waals surface area contributed by atoms with Gasteiger partial charge < -0.3 is 614 Å². The Hall–Kier alpha value is -4.00.